The Kier molecular flexibility index (Phi) is 5.02. The Morgan fingerprint density at radius 1 is 1.33 bits per heavy atom. The third-order valence-electron chi connectivity index (χ3n) is 2.67. The van der Waals surface area contributed by atoms with Crippen LogP contribution in [0.3, 0.4) is 0 Å². The van der Waals surface area contributed by atoms with E-state index in [1.807, 2.05) is 6.92 Å². The number of hydrogen-bond donors (Lipinski definition) is 2. The predicted octanol–water partition coefficient (Wildman–Crippen LogP) is 1.85. The van der Waals surface area contributed by atoms with Crippen LogP contribution < -0.4 is 10.6 Å². The summed E-state index contributed by atoms with van der Waals surface area (Å²) in [7, 11) is 0. The summed E-state index contributed by atoms with van der Waals surface area (Å²) in [6, 6.07) is 3.03. The van der Waals surface area contributed by atoms with Crippen LogP contribution in [0.15, 0.2) is 23.0 Å². The SMILES string of the molecule is CCCNc1ccc([N+](=O)[O-])c(NCCc2ncon2)n1. The van der Waals surface area contributed by atoms with E-state index in [9.17, 15) is 10.1 Å². The topological polar surface area (TPSA) is 119 Å². The molecule has 9 nitrogen and oxygen atoms in total. The molecule has 112 valence electrons. The van der Waals surface area contributed by atoms with Crippen molar-refractivity contribution in [3.05, 3.63) is 34.5 Å². The van der Waals surface area contributed by atoms with E-state index in [2.05, 4.69) is 30.3 Å². The molecule has 0 saturated heterocycles. The summed E-state index contributed by atoms with van der Waals surface area (Å²) < 4.78 is 4.62. The maximum atomic E-state index is 11.0. The van der Waals surface area contributed by atoms with Crippen LogP contribution in [0.4, 0.5) is 17.3 Å². The first-order valence-corrected chi connectivity index (χ1v) is 6.59. The number of nitro groups is 1. The van der Waals surface area contributed by atoms with Gasteiger partial charge in [0.1, 0.15) is 5.82 Å². The molecule has 0 amide bonds. The molecule has 0 saturated carbocycles. The van der Waals surface area contributed by atoms with Crippen molar-refractivity contribution >= 4 is 17.3 Å². The van der Waals surface area contributed by atoms with Crippen LogP contribution in [-0.2, 0) is 6.42 Å². The highest BCUT2D eigenvalue weighted by molar-refractivity contribution is 5.60. The Labute approximate surface area is 120 Å². The number of aromatic nitrogens is 3. The van der Waals surface area contributed by atoms with Gasteiger partial charge in [-0.25, -0.2) is 4.98 Å². The molecule has 0 aliphatic rings. The fourth-order valence-corrected chi connectivity index (χ4v) is 1.68. The van der Waals surface area contributed by atoms with Gasteiger partial charge in [0.05, 0.1) is 4.92 Å². The number of rotatable bonds is 8. The van der Waals surface area contributed by atoms with Gasteiger partial charge < -0.3 is 15.2 Å². The predicted molar refractivity (Wildman–Crippen MR) is 76.2 cm³/mol. The van der Waals surface area contributed by atoms with E-state index < -0.39 is 4.92 Å². The normalized spacial score (nSPS) is 10.3. The monoisotopic (exact) mass is 292 g/mol. The van der Waals surface area contributed by atoms with Gasteiger partial charge in [0.15, 0.2) is 5.82 Å². The van der Waals surface area contributed by atoms with Crippen LogP contribution >= 0.6 is 0 Å². The summed E-state index contributed by atoms with van der Waals surface area (Å²) in [6.45, 7) is 3.21. The minimum absolute atomic E-state index is 0.0647. The van der Waals surface area contributed by atoms with Gasteiger partial charge in [-0.3, -0.25) is 10.1 Å². The van der Waals surface area contributed by atoms with Crippen LogP contribution in [0.5, 0.6) is 0 Å². The van der Waals surface area contributed by atoms with Crippen molar-refractivity contribution in [2.45, 2.75) is 19.8 Å². The smallest absolute Gasteiger partial charge is 0.311 e. The van der Waals surface area contributed by atoms with E-state index in [1.165, 1.54) is 12.5 Å². The maximum Gasteiger partial charge on any atom is 0.311 e. The van der Waals surface area contributed by atoms with Crippen molar-refractivity contribution in [1.82, 2.24) is 15.1 Å². The summed E-state index contributed by atoms with van der Waals surface area (Å²) >= 11 is 0. The highest BCUT2D eigenvalue weighted by Gasteiger charge is 2.15. The molecule has 0 bridgehead atoms. The molecule has 0 atom stereocenters. The van der Waals surface area contributed by atoms with Crippen LogP contribution in [0.1, 0.15) is 19.2 Å². The molecule has 2 N–H and O–H groups in total. The average molecular weight is 292 g/mol. The zero-order chi connectivity index (χ0) is 15.1. The minimum Gasteiger partial charge on any atom is -0.370 e. The Hall–Kier alpha value is -2.71. The van der Waals surface area contributed by atoms with Gasteiger partial charge in [-0.1, -0.05) is 12.1 Å². The Morgan fingerprint density at radius 2 is 2.19 bits per heavy atom. The van der Waals surface area contributed by atoms with Gasteiger partial charge in [0, 0.05) is 25.6 Å². The molecule has 2 aromatic heterocycles. The van der Waals surface area contributed by atoms with E-state index in [4.69, 9.17) is 0 Å². The summed E-state index contributed by atoms with van der Waals surface area (Å²) in [6.07, 6.45) is 2.67. The van der Waals surface area contributed by atoms with Crippen LogP contribution in [-0.4, -0.2) is 33.1 Å². The lowest BCUT2D eigenvalue weighted by molar-refractivity contribution is -0.384. The number of pyridine rings is 1. The Balaban J connectivity index is 2.04. The van der Waals surface area contributed by atoms with Gasteiger partial charge in [-0.05, 0) is 12.5 Å². The van der Waals surface area contributed by atoms with Crippen LogP contribution in [0.25, 0.3) is 0 Å². The Morgan fingerprint density at radius 3 is 2.86 bits per heavy atom. The number of nitrogens with zero attached hydrogens (tertiary/aromatic N) is 4. The van der Waals surface area contributed by atoms with Gasteiger partial charge >= 0.3 is 5.69 Å². The third-order valence-corrected chi connectivity index (χ3v) is 2.67. The van der Waals surface area contributed by atoms with Crippen molar-refractivity contribution in [3.63, 3.8) is 0 Å². The highest BCUT2D eigenvalue weighted by Crippen LogP contribution is 2.23. The molecular weight excluding hydrogens is 276 g/mol. The number of nitrogens with one attached hydrogen (secondary N) is 2. The highest BCUT2D eigenvalue weighted by atomic mass is 16.6. The molecule has 0 aliphatic carbocycles. The fraction of sp³-hybridized carbons (Fsp3) is 0.417. The molecule has 2 aromatic rings. The van der Waals surface area contributed by atoms with Crippen molar-refractivity contribution < 1.29 is 9.45 Å². The van der Waals surface area contributed by atoms with Crippen molar-refractivity contribution in [2.75, 3.05) is 23.7 Å². The summed E-state index contributed by atoms with van der Waals surface area (Å²) in [5, 5.41) is 20.7. The van der Waals surface area contributed by atoms with E-state index in [0.29, 0.717) is 24.6 Å². The average Bonchev–Trinajstić information content (AvgIpc) is 2.98. The fourth-order valence-electron chi connectivity index (χ4n) is 1.68. The molecule has 0 fully saturated rings. The van der Waals surface area contributed by atoms with E-state index in [0.717, 1.165) is 13.0 Å². The molecule has 0 unspecified atom stereocenters. The first-order chi connectivity index (χ1) is 10.2. The van der Waals surface area contributed by atoms with Crippen LogP contribution in [0, 0.1) is 10.1 Å². The second kappa shape index (κ2) is 7.17. The van der Waals surface area contributed by atoms with E-state index in [-0.39, 0.29) is 11.5 Å². The molecule has 2 rings (SSSR count). The largest absolute Gasteiger partial charge is 0.370 e. The van der Waals surface area contributed by atoms with Gasteiger partial charge in [-0.2, -0.15) is 4.98 Å². The zero-order valence-electron chi connectivity index (χ0n) is 11.6. The standard InChI is InChI=1S/C12H16N6O3/c1-2-6-13-10-4-3-9(18(19)20)12(16-10)14-7-5-11-15-8-21-17-11/h3-4,8H,2,5-7H2,1H3,(H2,13,14,16). The van der Waals surface area contributed by atoms with E-state index in [1.54, 1.807) is 6.07 Å². The van der Waals surface area contributed by atoms with Gasteiger partial charge in [-0.15, -0.1) is 0 Å². The molecular formula is C12H16N6O3. The summed E-state index contributed by atoms with van der Waals surface area (Å²) in [5.41, 5.74) is -0.0647. The van der Waals surface area contributed by atoms with Crippen molar-refractivity contribution in [3.8, 4) is 0 Å². The van der Waals surface area contributed by atoms with Gasteiger partial charge in [0.2, 0.25) is 12.2 Å². The summed E-state index contributed by atoms with van der Waals surface area (Å²) in [4.78, 5) is 18.6. The Bertz CT molecular complexity index is 587. The second-order valence-electron chi connectivity index (χ2n) is 4.27. The van der Waals surface area contributed by atoms with Gasteiger partial charge in [0.25, 0.3) is 0 Å². The molecule has 0 aromatic carbocycles. The molecule has 0 aliphatic heterocycles. The molecule has 21 heavy (non-hydrogen) atoms. The summed E-state index contributed by atoms with van der Waals surface area (Å²) in [5.74, 6) is 1.36. The van der Waals surface area contributed by atoms with Crippen molar-refractivity contribution in [1.29, 1.82) is 0 Å². The van der Waals surface area contributed by atoms with Crippen LogP contribution in [0.2, 0.25) is 0 Å². The third kappa shape index (κ3) is 4.13. The quantitative estimate of drug-likeness (QED) is 0.558. The van der Waals surface area contributed by atoms with E-state index >= 15 is 0 Å². The molecule has 9 heteroatoms. The lowest BCUT2D eigenvalue weighted by atomic mass is 10.3. The molecule has 2 heterocycles. The zero-order valence-corrected chi connectivity index (χ0v) is 11.6. The second-order valence-corrected chi connectivity index (χ2v) is 4.27. The number of hydrogen-bond acceptors (Lipinski definition) is 8. The maximum absolute atomic E-state index is 11.0. The van der Waals surface area contributed by atoms with Crippen molar-refractivity contribution in [2.24, 2.45) is 0 Å². The minimum atomic E-state index is -0.465. The lowest BCUT2D eigenvalue weighted by Gasteiger charge is -2.08. The first kappa shape index (κ1) is 14.7. The molecule has 0 radical (unpaired) electrons. The number of anilines is 2. The first-order valence-electron chi connectivity index (χ1n) is 6.59. The lowest BCUT2D eigenvalue weighted by Crippen LogP contribution is -2.11. The molecule has 0 spiro atoms.